The normalized spacial score (nSPS) is 15.6. The molecule has 1 aliphatic rings. The van der Waals surface area contributed by atoms with Crippen LogP contribution in [0.3, 0.4) is 0 Å². The van der Waals surface area contributed by atoms with Gasteiger partial charge in [0.05, 0.1) is 0 Å². The van der Waals surface area contributed by atoms with Crippen molar-refractivity contribution in [3.63, 3.8) is 0 Å². The summed E-state index contributed by atoms with van der Waals surface area (Å²) >= 11 is 0. The number of hydrogen-bond acceptors (Lipinski definition) is 5. The first-order valence-electron chi connectivity index (χ1n) is 12.8. The number of amides is 4. The second-order valence-corrected chi connectivity index (χ2v) is 10.6. The Hall–Kier alpha value is -3.54. The van der Waals surface area contributed by atoms with Gasteiger partial charge >= 0.3 is 6.09 Å². The Morgan fingerprint density at radius 2 is 1.81 bits per heavy atom. The number of terminal acetylenes is 1. The van der Waals surface area contributed by atoms with E-state index in [4.69, 9.17) is 16.9 Å². The summed E-state index contributed by atoms with van der Waals surface area (Å²) in [6, 6.07) is 5.56. The van der Waals surface area contributed by atoms with Crippen LogP contribution < -0.4 is 16.4 Å². The standard InChI is InChI=1S/C28H40N4O5/c1-7-32(26(35)22(15-16-23(29)33)31-27(36)37-28(4,5)6)24(21-14-13-18(2)17-19(21)3)25(34)30-20-11-9-8-10-12-20/h1,13-14,17,20,22,24H,8-12,15-16H2,2-6H3,(H2,29,33)(H,30,34)(H,31,36). The minimum absolute atomic E-state index is 0.00484. The zero-order chi connectivity index (χ0) is 27.8. The molecule has 2 atom stereocenters. The third-order valence-electron chi connectivity index (χ3n) is 6.22. The fourth-order valence-electron chi connectivity index (χ4n) is 4.48. The highest BCUT2D eigenvalue weighted by Crippen LogP contribution is 2.27. The van der Waals surface area contributed by atoms with Crippen molar-refractivity contribution in [1.29, 1.82) is 0 Å². The highest BCUT2D eigenvalue weighted by atomic mass is 16.6. The molecule has 0 radical (unpaired) electrons. The Kier molecular flexibility index (Phi) is 10.5. The Morgan fingerprint density at radius 1 is 1.16 bits per heavy atom. The Balaban J connectivity index is 2.43. The molecule has 2 rings (SSSR count). The second-order valence-electron chi connectivity index (χ2n) is 10.6. The smallest absolute Gasteiger partial charge is 0.408 e. The number of nitrogens with one attached hydrogen (secondary N) is 2. The first-order chi connectivity index (χ1) is 17.3. The van der Waals surface area contributed by atoms with Gasteiger partial charge in [0, 0.05) is 18.5 Å². The van der Waals surface area contributed by atoms with E-state index in [1.807, 2.05) is 26.0 Å². The monoisotopic (exact) mass is 512 g/mol. The second kappa shape index (κ2) is 13.1. The highest BCUT2D eigenvalue weighted by molar-refractivity contribution is 5.94. The number of nitrogens with zero attached hydrogens (tertiary/aromatic N) is 1. The molecule has 1 aromatic carbocycles. The molecule has 1 fully saturated rings. The van der Waals surface area contributed by atoms with Gasteiger partial charge in [-0.05, 0) is 65.0 Å². The largest absolute Gasteiger partial charge is 0.444 e. The predicted octanol–water partition coefficient (Wildman–Crippen LogP) is 3.37. The molecular formula is C28H40N4O5. The van der Waals surface area contributed by atoms with E-state index in [0.29, 0.717) is 5.56 Å². The van der Waals surface area contributed by atoms with Gasteiger partial charge in [0.2, 0.25) is 11.8 Å². The SMILES string of the molecule is C#CN(C(=O)C(CCC(N)=O)NC(=O)OC(C)(C)C)C(C(=O)NC1CCCCC1)c1ccc(C)cc1C. The van der Waals surface area contributed by atoms with Crippen molar-refractivity contribution in [3.8, 4) is 12.5 Å². The van der Waals surface area contributed by atoms with Gasteiger partial charge in [-0.15, -0.1) is 0 Å². The summed E-state index contributed by atoms with van der Waals surface area (Å²) < 4.78 is 5.30. The van der Waals surface area contributed by atoms with E-state index in [1.54, 1.807) is 26.8 Å². The van der Waals surface area contributed by atoms with E-state index in [1.165, 1.54) is 0 Å². The lowest BCUT2D eigenvalue weighted by molar-refractivity contribution is -0.139. The van der Waals surface area contributed by atoms with Gasteiger partial charge in [-0.25, -0.2) is 4.79 Å². The number of benzene rings is 1. The number of ether oxygens (including phenoxy) is 1. The molecule has 4 amide bonds. The molecule has 0 aliphatic heterocycles. The number of nitrogens with two attached hydrogens (primary N) is 1. The van der Waals surface area contributed by atoms with Crippen LogP contribution in [-0.4, -0.2) is 46.4 Å². The molecular weight excluding hydrogens is 472 g/mol. The topological polar surface area (TPSA) is 131 Å². The van der Waals surface area contributed by atoms with Gasteiger partial charge in [-0.1, -0.05) is 49.4 Å². The molecule has 37 heavy (non-hydrogen) atoms. The van der Waals surface area contributed by atoms with E-state index in [0.717, 1.165) is 48.1 Å². The van der Waals surface area contributed by atoms with Gasteiger partial charge < -0.3 is 21.1 Å². The molecule has 1 aromatic rings. The molecule has 9 heteroatoms. The third-order valence-corrected chi connectivity index (χ3v) is 6.22. The number of carbonyl (C=O) groups is 4. The van der Waals surface area contributed by atoms with Crippen LogP contribution in [0.25, 0.3) is 0 Å². The Labute approximate surface area is 219 Å². The van der Waals surface area contributed by atoms with E-state index < -0.39 is 41.5 Å². The molecule has 9 nitrogen and oxygen atoms in total. The van der Waals surface area contributed by atoms with Crippen LogP contribution in [-0.2, 0) is 19.1 Å². The molecule has 1 saturated carbocycles. The summed E-state index contributed by atoms with van der Waals surface area (Å²) in [5.41, 5.74) is 6.87. The van der Waals surface area contributed by atoms with Crippen LogP contribution in [0.15, 0.2) is 18.2 Å². The van der Waals surface area contributed by atoms with Crippen molar-refractivity contribution < 1.29 is 23.9 Å². The quantitative estimate of drug-likeness (QED) is 0.345. The lowest BCUT2D eigenvalue weighted by atomic mass is 9.93. The average Bonchev–Trinajstić information content (AvgIpc) is 2.79. The maximum absolute atomic E-state index is 13.8. The summed E-state index contributed by atoms with van der Waals surface area (Å²) in [5.74, 6) is -1.74. The minimum atomic E-state index is -1.23. The van der Waals surface area contributed by atoms with Crippen LogP contribution in [0, 0.1) is 26.3 Å². The van der Waals surface area contributed by atoms with Crippen LogP contribution in [0.4, 0.5) is 4.79 Å². The molecule has 0 bridgehead atoms. The molecule has 2 unspecified atom stereocenters. The average molecular weight is 513 g/mol. The Morgan fingerprint density at radius 3 is 2.35 bits per heavy atom. The fraction of sp³-hybridized carbons (Fsp3) is 0.571. The van der Waals surface area contributed by atoms with Crippen LogP contribution >= 0.6 is 0 Å². The van der Waals surface area contributed by atoms with Crippen molar-refractivity contribution in [2.24, 2.45) is 5.73 Å². The molecule has 1 aliphatic carbocycles. The van der Waals surface area contributed by atoms with Gasteiger partial charge in [0.15, 0.2) is 0 Å². The van der Waals surface area contributed by atoms with Crippen molar-refractivity contribution in [3.05, 3.63) is 34.9 Å². The number of alkyl carbamates (subject to hydrolysis) is 1. The zero-order valence-electron chi connectivity index (χ0n) is 22.6. The number of carbonyl (C=O) groups excluding carboxylic acids is 4. The fourth-order valence-corrected chi connectivity index (χ4v) is 4.48. The van der Waals surface area contributed by atoms with Crippen LogP contribution in [0.5, 0.6) is 0 Å². The van der Waals surface area contributed by atoms with Crippen molar-refractivity contribution in [2.45, 2.75) is 103 Å². The van der Waals surface area contributed by atoms with Gasteiger partial charge in [0.1, 0.15) is 17.7 Å². The van der Waals surface area contributed by atoms with Gasteiger partial charge in [-0.2, -0.15) is 0 Å². The molecule has 4 N–H and O–H groups in total. The first-order valence-corrected chi connectivity index (χ1v) is 12.8. The number of primary amides is 1. The molecule has 202 valence electrons. The summed E-state index contributed by atoms with van der Waals surface area (Å²) in [4.78, 5) is 52.4. The van der Waals surface area contributed by atoms with Gasteiger partial charge in [0.25, 0.3) is 5.91 Å². The lowest BCUT2D eigenvalue weighted by Gasteiger charge is -2.32. The minimum Gasteiger partial charge on any atom is -0.444 e. The summed E-state index contributed by atoms with van der Waals surface area (Å²) in [5, 5.41) is 5.58. The number of rotatable bonds is 9. The zero-order valence-corrected chi connectivity index (χ0v) is 22.6. The van der Waals surface area contributed by atoms with Gasteiger partial charge in [-0.3, -0.25) is 19.3 Å². The molecule has 0 saturated heterocycles. The molecule has 0 aromatic heterocycles. The number of aryl methyl sites for hydroxylation is 2. The first kappa shape index (κ1) is 29.7. The Bertz CT molecular complexity index is 1030. The van der Waals surface area contributed by atoms with E-state index in [2.05, 4.69) is 16.7 Å². The third kappa shape index (κ3) is 9.12. The van der Waals surface area contributed by atoms with Crippen molar-refractivity contribution >= 4 is 23.8 Å². The lowest BCUT2D eigenvalue weighted by Crippen LogP contribution is -2.52. The van der Waals surface area contributed by atoms with E-state index in [9.17, 15) is 19.2 Å². The molecule has 0 spiro atoms. The van der Waals surface area contributed by atoms with E-state index >= 15 is 0 Å². The number of hydrogen-bond donors (Lipinski definition) is 3. The van der Waals surface area contributed by atoms with Crippen LogP contribution in [0.1, 0.15) is 88.4 Å². The maximum Gasteiger partial charge on any atom is 0.408 e. The summed E-state index contributed by atoms with van der Waals surface area (Å²) in [7, 11) is 0. The summed E-state index contributed by atoms with van der Waals surface area (Å²) in [6.45, 7) is 8.85. The van der Waals surface area contributed by atoms with Crippen molar-refractivity contribution in [2.75, 3.05) is 0 Å². The summed E-state index contributed by atoms with van der Waals surface area (Å²) in [6.07, 6.45) is 9.59. The predicted molar refractivity (Wildman–Crippen MR) is 141 cm³/mol. The highest BCUT2D eigenvalue weighted by Gasteiger charge is 2.37. The van der Waals surface area contributed by atoms with Crippen LogP contribution in [0.2, 0.25) is 0 Å². The molecule has 0 heterocycles. The van der Waals surface area contributed by atoms with E-state index in [-0.39, 0.29) is 18.9 Å². The maximum atomic E-state index is 13.8. The van der Waals surface area contributed by atoms with Crippen molar-refractivity contribution in [1.82, 2.24) is 15.5 Å².